The smallest absolute Gasteiger partial charge is 0.242 e. The Kier molecular flexibility index (Phi) is 8.63. The average Bonchev–Trinajstić information content (AvgIpc) is 3.01. The quantitative estimate of drug-likeness (QED) is 0.349. The van der Waals surface area contributed by atoms with E-state index in [-0.39, 0.29) is 11.9 Å². The van der Waals surface area contributed by atoms with Gasteiger partial charge in [0, 0.05) is 42.2 Å². The molecule has 41 heavy (non-hydrogen) atoms. The van der Waals surface area contributed by atoms with Crippen molar-refractivity contribution in [3.63, 3.8) is 0 Å². The maximum atomic E-state index is 12.5. The second-order valence-electron chi connectivity index (χ2n) is 9.83. The van der Waals surface area contributed by atoms with Crippen molar-refractivity contribution >= 4 is 17.7 Å². The summed E-state index contributed by atoms with van der Waals surface area (Å²) in [5.41, 5.74) is 6.85. The number of ether oxygens (including phenoxy) is 1. The number of carbonyl (C=O) groups is 1. The number of nitrogens with one attached hydrogen (secondary N) is 2. The number of amides is 1. The number of carbonyl (C=O) groups excluding carboxylic acids is 1. The van der Waals surface area contributed by atoms with Crippen molar-refractivity contribution in [1.29, 1.82) is 0 Å². The van der Waals surface area contributed by atoms with E-state index in [0.717, 1.165) is 52.3 Å². The molecule has 1 aliphatic heterocycles. The number of morpholine rings is 1. The van der Waals surface area contributed by atoms with Gasteiger partial charge in [-0.05, 0) is 75.2 Å². The molecule has 1 aliphatic rings. The molecule has 0 aliphatic carbocycles. The van der Waals surface area contributed by atoms with Crippen LogP contribution in [0, 0.1) is 25.7 Å². The molecule has 2 N–H and O–H groups in total. The second-order valence-corrected chi connectivity index (χ2v) is 9.83. The lowest BCUT2D eigenvalue weighted by atomic mass is 10.0. The van der Waals surface area contributed by atoms with Crippen LogP contribution in [0.1, 0.15) is 29.6 Å². The number of aromatic nitrogens is 4. The fraction of sp³-hybridized carbons (Fsp3) is 0.281. The van der Waals surface area contributed by atoms with E-state index in [9.17, 15) is 4.79 Å². The summed E-state index contributed by atoms with van der Waals surface area (Å²) in [4.78, 5) is 33.3. The number of anilines is 2. The Bertz CT molecular complexity index is 1570. The summed E-state index contributed by atoms with van der Waals surface area (Å²) in [6.07, 6.45) is 3.59. The van der Waals surface area contributed by atoms with Crippen LogP contribution in [-0.4, -0.2) is 65.2 Å². The summed E-state index contributed by atoms with van der Waals surface area (Å²) in [5.74, 6) is 7.46. The summed E-state index contributed by atoms with van der Waals surface area (Å²) >= 11 is 0. The maximum absolute atomic E-state index is 12.5. The summed E-state index contributed by atoms with van der Waals surface area (Å²) in [7, 11) is 1.74. The highest BCUT2D eigenvalue weighted by Gasteiger charge is 2.20. The van der Waals surface area contributed by atoms with E-state index >= 15 is 0 Å². The van der Waals surface area contributed by atoms with E-state index in [1.165, 1.54) is 0 Å². The molecule has 1 aromatic carbocycles. The molecule has 1 unspecified atom stereocenters. The molecule has 0 bridgehead atoms. The molecule has 4 aromatic rings. The number of pyridine rings is 2. The molecule has 5 rings (SSSR count). The highest BCUT2D eigenvalue weighted by molar-refractivity contribution is 5.94. The zero-order valence-corrected chi connectivity index (χ0v) is 23.7. The average molecular weight is 548 g/mol. The third kappa shape index (κ3) is 6.57. The van der Waals surface area contributed by atoms with Crippen molar-refractivity contribution in [2.24, 2.45) is 0 Å². The minimum absolute atomic E-state index is 0.178. The van der Waals surface area contributed by atoms with Gasteiger partial charge in [-0.3, -0.25) is 9.78 Å². The van der Waals surface area contributed by atoms with Crippen molar-refractivity contribution in [3.05, 3.63) is 83.6 Å². The first-order chi connectivity index (χ1) is 19.9. The lowest BCUT2D eigenvalue weighted by Gasteiger charge is -2.27. The molecule has 1 fully saturated rings. The normalized spacial score (nSPS) is 13.7. The summed E-state index contributed by atoms with van der Waals surface area (Å²) < 4.78 is 5.49. The molecule has 1 amide bonds. The van der Waals surface area contributed by atoms with Gasteiger partial charge in [0.25, 0.3) is 0 Å². The minimum atomic E-state index is -0.366. The van der Waals surface area contributed by atoms with Crippen LogP contribution in [0.5, 0.6) is 0 Å². The van der Waals surface area contributed by atoms with Gasteiger partial charge in [0.05, 0.1) is 30.6 Å². The van der Waals surface area contributed by atoms with Gasteiger partial charge in [0.2, 0.25) is 11.9 Å². The van der Waals surface area contributed by atoms with Gasteiger partial charge >= 0.3 is 0 Å². The van der Waals surface area contributed by atoms with Crippen LogP contribution in [0.25, 0.3) is 22.3 Å². The van der Waals surface area contributed by atoms with Crippen molar-refractivity contribution in [2.45, 2.75) is 26.8 Å². The Morgan fingerprint density at radius 2 is 1.68 bits per heavy atom. The van der Waals surface area contributed by atoms with Crippen LogP contribution >= 0.6 is 0 Å². The summed E-state index contributed by atoms with van der Waals surface area (Å²) in [6.45, 7) is 8.59. The number of hydrogen-bond donors (Lipinski definition) is 2. The Morgan fingerprint density at radius 1 is 0.951 bits per heavy atom. The molecule has 0 saturated carbocycles. The molecule has 9 nitrogen and oxygen atoms in total. The van der Waals surface area contributed by atoms with E-state index in [1.807, 2.05) is 62.5 Å². The predicted molar refractivity (Wildman–Crippen MR) is 161 cm³/mol. The van der Waals surface area contributed by atoms with Gasteiger partial charge in [-0.2, -0.15) is 0 Å². The Hall–Kier alpha value is -4.65. The Labute approximate surface area is 240 Å². The van der Waals surface area contributed by atoms with Gasteiger partial charge in [0.15, 0.2) is 0 Å². The van der Waals surface area contributed by atoms with Gasteiger partial charge in [-0.1, -0.05) is 24.1 Å². The molecule has 0 spiro atoms. The Morgan fingerprint density at radius 3 is 2.34 bits per heavy atom. The first kappa shape index (κ1) is 27.9. The van der Waals surface area contributed by atoms with Crippen molar-refractivity contribution in [2.75, 3.05) is 43.6 Å². The minimum Gasteiger partial charge on any atom is -0.378 e. The molecule has 1 saturated heterocycles. The second kappa shape index (κ2) is 12.7. The topological polar surface area (TPSA) is 105 Å². The predicted octanol–water partition coefficient (Wildman–Crippen LogP) is 4.00. The van der Waals surface area contributed by atoms with E-state index in [1.54, 1.807) is 26.2 Å². The van der Waals surface area contributed by atoms with E-state index in [2.05, 4.69) is 32.4 Å². The van der Waals surface area contributed by atoms with Gasteiger partial charge < -0.3 is 20.3 Å². The first-order valence-electron chi connectivity index (χ1n) is 13.6. The van der Waals surface area contributed by atoms with Crippen LogP contribution in [0.3, 0.4) is 0 Å². The van der Waals surface area contributed by atoms with Gasteiger partial charge in [0.1, 0.15) is 11.5 Å². The number of hydrogen-bond acceptors (Lipinski definition) is 8. The number of likely N-dealkylation sites (N-methyl/N-ethyl adjacent to an activating group) is 1. The summed E-state index contributed by atoms with van der Waals surface area (Å²) in [5, 5.41) is 5.83. The number of rotatable bonds is 6. The standard InChI is InChI=1S/C32H33N7O2/c1-21-30(22(2)36-32(35-21)39-16-18-41-19-17-39)27-12-14-29(38-31(40)23(3)33-4)37-28(27)13-9-24-7-10-25(11-8-24)26-6-5-15-34-20-26/h5-8,10-12,14-15,20,23,33H,16-19H2,1-4H3,(H,37,38,40). The molecular weight excluding hydrogens is 514 g/mol. The highest BCUT2D eigenvalue weighted by Crippen LogP contribution is 2.30. The zero-order chi connectivity index (χ0) is 28.8. The lowest BCUT2D eigenvalue weighted by Crippen LogP contribution is -2.37. The van der Waals surface area contributed by atoms with Gasteiger partial charge in [-0.25, -0.2) is 15.0 Å². The van der Waals surface area contributed by atoms with Gasteiger partial charge in [-0.15, -0.1) is 0 Å². The van der Waals surface area contributed by atoms with Crippen LogP contribution in [0.4, 0.5) is 11.8 Å². The fourth-order valence-electron chi connectivity index (χ4n) is 4.60. The van der Waals surface area contributed by atoms with Crippen molar-refractivity contribution in [1.82, 2.24) is 25.3 Å². The van der Waals surface area contributed by atoms with Crippen LogP contribution in [0.2, 0.25) is 0 Å². The molecule has 4 heterocycles. The first-order valence-corrected chi connectivity index (χ1v) is 13.6. The Balaban J connectivity index is 1.52. The molecule has 0 radical (unpaired) electrons. The van der Waals surface area contributed by atoms with E-state index in [4.69, 9.17) is 19.7 Å². The summed E-state index contributed by atoms with van der Waals surface area (Å²) in [6, 6.07) is 15.3. The van der Waals surface area contributed by atoms with Crippen LogP contribution < -0.4 is 15.5 Å². The molecular formula is C32H33N7O2. The SMILES string of the molecule is CNC(C)C(=O)Nc1ccc(-c2c(C)nc(N3CCOCC3)nc2C)c(C#Cc2ccc(-c3cccnc3)cc2)n1. The number of nitrogens with zero attached hydrogens (tertiary/aromatic N) is 5. The third-order valence-electron chi connectivity index (χ3n) is 7.00. The van der Waals surface area contributed by atoms with Crippen molar-refractivity contribution < 1.29 is 9.53 Å². The molecule has 9 heteroatoms. The zero-order valence-electron chi connectivity index (χ0n) is 23.7. The largest absolute Gasteiger partial charge is 0.378 e. The van der Waals surface area contributed by atoms with E-state index in [0.29, 0.717) is 30.7 Å². The highest BCUT2D eigenvalue weighted by atomic mass is 16.5. The fourth-order valence-corrected chi connectivity index (χ4v) is 4.60. The molecule has 1 atom stereocenters. The van der Waals surface area contributed by atoms with Crippen LogP contribution in [0.15, 0.2) is 60.9 Å². The molecule has 3 aromatic heterocycles. The third-order valence-corrected chi connectivity index (χ3v) is 7.00. The van der Waals surface area contributed by atoms with E-state index < -0.39 is 0 Å². The lowest BCUT2D eigenvalue weighted by molar-refractivity contribution is -0.117. The maximum Gasteiger partial charge on any atom is 0.242 e. The number of aryl methyl sites for hydroxylation is 2. The van der Waals surface area contributed by atoms with Crippen LogP contribution in [-0.2, 0) is 9.53 Å². The van der Waals surface area contributed by atoms with Crippen molar-refractivity contribution in [3.8, 4) is 34.1 Å². The number of benzene rings is 1. The molecule has 208 valence electrons. The monoisotopic (exact) mass is 547 g/mol.